The van der Waals surface area contributed by atoms with E-state index in [0.29, 0.717) is 32.4 Å². The molecule has 42 heavy (non-hydrogen) atoms. The van der Waals surface area contributed by atoms with Crippen molar-refractivity contribution < 1.29 is 37.5 Å². The number of aromatic nitrogens is 1. The number of carbonyl (C=O) groups excluding carboxylic acids is 3. The summed E-state index contributed by atoms with van der Waals surface area (Å²) in [7, 11) is 0. The van der Waals surface area contributed by atoms with E-state index in [-0.39, 0.29) is 24.3 Å². The topological polar surface area (TPSA) is 158 Å². The van der Waals surface area contributed by atoms with E-state index in [2.05, 4.69) is 15.6 Å². The van der Waals surface area contributed by atoms with E-state index in [9.17, 15) is 27.6 Å². The van der Waals surface area contributed by atoms with Crippen LogP contribution in [-0.2, 0) is 38.7 Å². The molecule has 0 saturated carbocycles. The molecule has 0 bridgehead atoms. The lowest BCUT2D eigenvalue weighted by Gasteiger charge is -2.32. The molecule has 1 aromatic heterocycles. The summed E-state index contributed by atoms with van der Waals surface area (Å²) >= 11 is 0. The Labute approximate surface area is 240 Å². The lowest BCUT2D eigenvalue weighted by atomic mass is 10.0. The second-order valence-electron chi connectivity index (χ2n) is 9.86. The molecule has 2 heterocycles. The summed E-state index contributed by atoms with van der Waals surface area (Å²) in [6.07, 6.45) is -2.74. The molecule has 10 nitrogen and oxygen atoms in total. The maximum atomic E-state index is 13.7. The summed E-state index contributed by atoms with van der Waals surface area (Å²) in [5.41, 5.74) is 9.56. The number of aliphatic carboxylic acids is 1. The number of carboxylic acids is 1. The maximum absolute atomic E-state index is 13.7. The monoisotopic (exact) mass is 589 g/mol. The number of unbranched alkanes of at least 4 members (excludes halogenated alkanes) is 1. The third-order valence-corrected chi connectivity index (χ3v) is 6.76. The number of fused-ring (bicyclic) bond motifs is 3. The van der Waals surface area contributed by atoms with Crippen LogP contribution >= 0.6 is 0 Å². The molecule has 0 spiro atoms. The smallest absolute Gasteiger partial charge is 0.475 e. The van der Waals surface area contributed by atoms with Crippen LogP contribution in [0.1, 0.15) is 43.0 Å². The Morgan fingerprint density at radius 3 is 2.36 bits per heavy atom. The average molecular weight is 590 g/mol. The number of alkyl halides is 3. The summed E-state index contributed by atoms with van der Waals surface area (Å²) < 4.78 is 31.7. The number of nitrogens with one attached hydrogen (secondary N) is 3. The highest BCUT2D eigenvalue weighted by Gasteiger charge is 2.39. The molecular formula is C29H34F3N5O5. The minimum Gasteiger partial charge on any atom is -0.475 e. The molecule has 1 aliphatic heterocycles. The zero-order chi connectivity index (χ0) is 30.9. The van der Waals surface area contributed by atoms with Crippen molar-refractivity contribution >= 4 is 34.6 Å². The number of amides is 3. The molecule has 4 rings (SSSR count). The van der Waals surface area contributed by atoms with Crippen molar-refractivity contribution in [3.05, 3.63) is 71.4 Å². The van der Waals surface area contributed by atoms with Gasteiger partial charge in [0.2, 0.25) is 17.7 Å². The van der Waals surface area contributed by atoms with Crippen LogP contribution in [0.2, 0.25) is 0 Å². The van der Waals surface area contributed by atoms with E-state index in [1.165, 1.54) is 6.92 Å². The van der Waals surface area contributed by atoms with Crippen LogP contribution in [0, 0.1) is 0 Å². The molecule has 2 atom stereocenters. The Morgan fingerprint density at radius 1 is 1.10 bits per heavy atom. The van der Waals surface area contributed by atoms with E-state index < -0.39 is 24.2 Å². The zero-order valence-electron chi connectivity index (χ0n) is 23.0. The molecule has 0 aliphatic carbocycles. The molecule has 0 saturated heterocycles. The third-order valence-electron chi connectivity index (χ3n) is 6.76. The van der Waals surface area contributed by atoms with E-state index in [1.54, 1.807) is 4.90 Å². The number of hydrogen-bond donors (Lipinski definition) is 5. The highest BCUT2D eigenvalue weighted by Crippen LogP contribution is 2.29. The summed E-state index contributed by atoms with van der Waals surface area (Å²) in [5, 5.41) is 14.0. The number of carboxylic acid groups (broad SMARTS) is 1. The quantitative estimate of drug-likeness (QED) is 0.242. The van der Waals surface area contributed by atoms with Gasteiger partial charge in [-0.25, -0.2) is 4.79 Å². The fourth-order valence-corrected chi connectivity index (χ4v) is 4.80. The third kappa shape index (κ3) is 8.56. The number of aromatic amines is 1. The van der Waals surface area contributed by atoms with Gasteiger partial charge in [0, 0.05) is 36.5 Å². The van der Waals surface area contributed by atoms with Gasteiger partial charge in [-0.2, -0.15) is 13.2 Å². The van der Waals surface area contributed by atoms with Gasteiger partial charge < -0.3 is 31.4 Å². The Hall–Kier alpha value is -4.39. The highest BCUT2D eigenvalue weighted by atomic mass is 19.4. The summed E-state index contributed by atoms with van der Waals surface area (Å²) in [5.74, 6) is -3.49. The summed E-state index contributed by atoms with van der Waals surface area (Å²) in [6, 6.07) is 16.2. The number of para-hydroxylation sites is 1. The van der Waals surface area contributed by atoms with Crippen LogP contribution in [0.5, 0.6) is 0 Å². The van der Waals surface area contributed by atoms with Gasteiger partial charge in [0.15, 0.2) is 0 Å². The number of nitrogens with two attached hydrogens (primary N) is 1. The van der Waals surface area contributed by atoms with Crippen LogP contribution in [0.3, 0.4) is 0 Å². The predicted molar refractivity (Wildman–Crippen MR) is 149 cm³/mol. The number of H-pyrrole nitrogens is 1. The SMILES string of the molecule is CC(=O)N[C@@H]1Cc2c([nH]c3ccccc23)CN([C@@H](CCCCN)C(=O)NCc2ccccc2)C1=O.O=C(O)C(F)(F)F. The second-order valence-corrected chi connectivity index (χ2v) is 9.86. The standard InChI is InChI=1S/C27H33N5O3.C2HF3O2/c1-18(33)30-23-15-21-20-11-5-6-12-22(20)31-24(21)17-32(27(23)35)25(13-7-8-14-28)26(34)29-16-19-9-3-2-4-10-19;3-2(4,5)1(6)7/h2-6,9-12,23,25,31H,7-8,13-17,28H2,1H3,(H,29,34)(H,30,33);(H,6,7)/t23-,25+;/m1./s1. The normalized spacial score (nSPS) is 15.6. The maximum Gasteiger partial charge on any atom is 0.490 e. The van der Waals surface area contributed by atoms with Gasteiger partial charge in [0.25, 0.3) is 0 Å². The largest absolute Gasteiger partial charge is 0.490 e. The number of benzene rings is 2. The number of nitrogens with zero attached hydrogens (tertiary/aromatic N) is 1. The first-order valence-electron chi connectivity index (χ1n) is 13.4. The fraction of sp³-hybridized carbons (Fsp3) is 0.379. The van der Waals surface area contributed by atoms with Crippen molar-refractivity contribution in [3.63, 3.8) is 0 Å². The Morgan fingerprint density at radius 2 is 1.74 bits per heavy atom. The summed E-state index contributed by atoms with van der Waals surface area (Å²) in [4.78, 5) is 53.1. The number of carbonyl (C=O) groups is 4. The van der Waals surface area contributed by atoms with Gasteiger partial charge in [0.1, 0.15) is 12.1 Å². The first-order chi connectivity index (χ1) is 19.9. The molecule has 0 fully saturated rings. The highest BCUT2D eigenvalue weighted by molar-refractivity contribution is 5.94. The second kappa shape index (κ2) is 14.5. The van der Waals surface area contributed by atoms with E-state index in [1.807, 2.05) is 54.6 Å². The zero-order valence-corrected chi connectivity index (χ0v) is 23.0. The van der Waals surface area contributed by atoms with Crippen LogP contribution in [0.4, 0.5) is 13.2 Å². The van der Waals surface area contributed by atoms with Gasteiger partial charge in [-0.3, -0.25) is 14.4 Å². The van der Waals surface area contributed by atoms with Crippen LogP contribution < -0.4 is 16.4 Å². The van der Waals surface area contributed by atoms with Crippen molar-refractivity contribution in [2.75, 3.05) is 6.54 Å². The van der Waals surface area contributed by atoms with Crippen molar-refractivity contribution in [2.45, 2.75) is 64.0 Å². The molecule has 3 amide bonds. The first kappa shape index (κ1) is 32.1. The number of rotatable bonds is 9. The van der Waals surface area contributed by atoms with Gasteiger partial charge in [0.05, 0.1) is 6.54 Å². The molecular weight excluding hydrogens is 555 g/mol. The van der Waals surface area contributed by atoms with Crippen molar-refractivity contribution in [1.29, 1.82) is 0 Å². The summed E-state index contributed by atoms with van der Waals surface area (Å²) in [6.45, 7) is 2.57. The molecule has 2 aromatic carbocycles. The van der Waals surface area contributed by atoms with Crippen LogP contribution in [-0.4, -0.2) is 63.5 Å². The van der Waals surface area contributed by atoms with Gasteiger partial charge in [-0.05, 0) is 43.0 Å². The van der Waals surface area contributed by atoms with E-state index >= 15 is 0 Å². The lowest BCUT2D eigenvalue weighted by molar-refractivity contribution is -0.192. The fourth-order valence-electron chi connectivity index (χ4n) is 4.80. The Balaban J connectivity index is 0.000000616. The van der Waals surface area contributed by atoms with Crippen molar-refractivity contribution in [2.24, 2.45) is 5.73 Å². The van der Waals surface area contributed by atoms with Crippen LogP contribution in [0.15, 0.2) is 54.6 Å². The van der Waals surface area contributed by atoms with Crippen molar-refractivity contribution in [3.8, 4) is 0 Å². The Bertz CT molecular complexity index is 1390. The molecule has 13 heteroatoms. The average Bonchev–Trinajstić information content (AvgIpc) is 3.23. The van der Waals surface area contributed by atoms with Crippen molar-refractivity contribution in [1.82, 2.24) is 20.5 Å². The Kier molecular flexibility index (Phi) is 11.1. The van der Waals surface area contributed by atoms with E-state index in [0.717, 1.165) is 34.1 Å². The van der Waals surface area contributed by atoms with Gasteiger partial charge in [-0.1, -0.05) is 48.5 Å². The molecule has 0 radical (unpaired) electrons. The van der Waals surface area contributed by atoms with E-state index in [4.69, 9.17) is 15.6 Å². The number of hydrogen-bond acceptors (Lipinski definition) is 5. The molecule has 3 aromatic rings. The minimum absolute atomic E-state index is 0.208. The first-order valence-corrected chi connectivity index (χ1v) is 13.4. The molecule has 1 aliphatic rings. The van der Waals surface area contributed by atoms with Gasteiger partial charge in [-0.15, -0.1) is 0 Å². The van der Waals surface area contributed by atoms with Gasteiger partial charge >= 0.3 is 12.1 Å². The molecule has 226 valence electrons. The lowest BCUT2D eigenvalue weighted by Crippen LogP contribution is -2.54. The van der Waals surface area contributed by atoms with Crippen LogP contribution in [0.25, 0.3) is 10.9 Å². The number of halogens is 3. The molecule has 6 N–H and O–H groups in total. The molecule has 0 unspecified atom stereocenters. The predicted octanol–water partition coefficient (Wildman–Crippen LogP) is 3.00. The minimum atomic E-state index is -5.08.